The molecule has 0 atom stereocenters. The van der Waals surface area contributed by atoms with Gasteiger partial charge in [-0.05, 0) is 0 Å². The predicted octanol–water partition coefficient (Wildman–Crippen LogP) is -0.178. The van der Waals surface area contributed by atoms with Gasteiger partial charge in [-0.25, -0.2) is 9.97 Å². The third-order valence-electron chi connectivity index (χ3n) is 1.68. The van der Waals surface area contributed by atoms with E-state index in [1.807, 2.05) is 12.1 Å². The maximum Gasteiger partial charge on any atom is 0.226 e. The van der Waals surface area contributed by atoms with E-state index in [1.165, 1.54) is 17.3 Å². The van der Waals surface area contributed by atoms with Gasteiger partial charge >= 0.3 is 0 Å². The van der Waals surface area contributed by atoms with E-state index in [9.17, 15) is 0 Å². The fourth-order valence-corrected chi connectivity index (χ4v) is 0.961. The van der Waals surface area contributed by atoms with Crippen molar-refractivity contribution in [3.05, 3.63) is 18.0 Å². The molecular weight excluding hydrogens is 194 g/mol. The van der Waals surface area contributed by atoms with Crippen LogP contribution in [0.1, 0.15) is 5.56 Å². The summed E-state index contributed by atoms with van der Waals surface area (Å²) in [5.41, 5.74) is 0.590. The van der Waals surface area contributed by atoms with E-state index in [-0.39, 0.29) is 19.7 Å². The number of aliphatic hydroxyl groups excluding tert-OH is 1. The van der Waals surface area contributed by atoms with Crippen molar-refractivity contribution in [2.75, 3.05) is 18.0 Å². The number of hydrogen-bond acceptors (Lipinski definition) is 6. The highest BCUT2D eigenvalue weighted by molar-refractivity contribution is 5.33. The van der Waals surface area contributed by atoms with Crippen LogP contribution in [0.25, 0.3) is 0 Å². The highest BCUT2D eigenvalue weighted by atomic mass is 16.3. The fraction of sp³-hybridized carbons (Fsp3) is 0.333. The predicted molar refractivity (Wildman–Crippen MR) is 51.4 cm³/mol. The van der Waals surface area contributed by atoms with Crippen molar-refractivity contribution in [1.29, 1.82) is 10.5 Å². The van der Waals surface area contributed by atoms with Crippen molar-refractivity contribution in [3.8, 4) is 12.1 Å². The average Bonchev–Trinajstić information content (AvgIpc) is 2.29. The zero-order valence-corrected chi connectivity index (χ0v) is 7.96. The topological polar surface area (TPSA) is 96.8 Å². The highest BCUT2D eigenvalue weighted by Gasteiger charge is 2.07. The Kier molecular flexibility index (Phi) is 4.02. The van der Waals surface area contributed by atoms with Gasteiger partial charge in [-0.3, -0.25) is 0 Å². The van der Waals surface area contributed by atoms with Crippen LogP contribution in [0.4, 0.5) is 5.95 Å². The van der Waals surface area contributed by atoms with Gasteiger partial charge in [0.15, 0.2) is 0 Å². The van der Waals surface area contributed by atoms with Crippen LogP contribution in [0.15, 0.2) is 12.4 Å². The monoisotopic (exact) mass is 203 g/mol. The normalized spacial score (nSPS) is 9.00. The second-order valence-corrected chi connectivity index (χ2v) is 2.72. The Morgan fingerprint density at radius 1 is 1.20 bits per heavy atom. The summed E-state index contributed by atoms with van der Waals surface area (Å²) in [5, 5.41) is 25.8. The second kappa shape index (κ2) is 5.53. The lowest BCUT2D eigenvalue weighted by Crippen LogP contribution is -2.25. The summed E-state index contributed by atoms with van der Waals surface area (Å²) in [5.74, 6) is 0.315. The Morgan fingerprint density at radius 3 is 2.13 bits per heavy atom. The molecule has 0 aliphatic heterocycles. The second-order valence-electron chi connectivity index (χ2n) is 2.72. The number of rotatable bonds is 4. The van der Waals surface area contributed by atoms with E-state index < -0.39 is 0 Å². The quantitative estimate of drug-likeness (QED) is 0.682. The van der Waals surface area contributed by atoms with E-state index >= 15 is 0 Å². The third kappa shape index (κ3) is 2.90. The Morgan fingerprint density at radius 2 is 1.73 bits per heavy atom. The van der Waals surface area contributed by atoms with Crippen molar-refractivity contribution in [3.63, 3.8) is 0 Å². The molecule has 1 aromatic rings. The largest absolute Gasteiger partial charge is 0.392 e. The first-order chi connectivity index (χ1) is 7.31. The third-order valence-corrected chi connectivity index (χ3v) is 1.68. The van der Waals surface area contributed by atoms with Crippen LogP contribution in [-0.4, -0.2) is 28.2 Å². The summed E-state index contributed by atoms with van der Waals surface area (Å²) >= 11 is 0. The molecule has 0 aliphatic carbocycles. The smallest absolute Gasteiger partial charge is 0.226 e. The molecule has 0 fully saturated rings. The molecule has 1 N–H and O–H groups in total. The van der Waals surface area contributed by atoms with Crippen molar-refractivity contribution in [2.45, 2.75) is 6.61 Å². The van der Waals surface area contributed by atoms with E-state index in [4.69, 9.17) is 15.6 Å². The van der Waals surface area contributed by atoms with Crippen molar-refractivity contribution >= 4 is 5.95 Å². The van der Waals surface area contributed by atoms with Crippen molar-refractivity contribution in [1.82, 2.24) is 9.97 Å². The van der Waals surface area contributed by atoms with Gasteiger partial charge in [-0.15, -0.1) is 0 Å². The Bertz CT molecular complexity index is 372. The summed E-state index contributed by atoms with van der Waals surface area (Å²) in [6.07, 6.45) is 2.92. The minimum Gasteiger partial charge on any atom is -0.392 e. The number of nitriles is 2. The van der Waals surface area contributed by atoms with Gasteiger partial charge in [-0.2, -0.15) is 10.5 Å². The van der Waals surface area contributed by atoms with E-state index in [1.54, 1.807) is 0 Å². The molecule has 6 nitrogen and oxygen atoms in total. The van der Waals surface area contributed by atoms with E-state index in [0.717, 1.165) is 0 Å². The molecular formula is C9H9N5O. The molecule has 76 valence electrons. The lowest BCUT2D eigenvalue weighted by molar-refractivity contribution is 0.281. The Labute approximate surface area is 87.0 Å². The number of hydrogen-bond donors (Lipinski definition) is 1. The van der Waals surface area contributed by atoms with Crippen LogP contribution in [0.5, 0.6) is 0 Å². The zero-order chi connectivity index (χ0) is 11.1. The standard InChI is InChI=1S/C9H9N5O/c10-1-3-14(4-2-11)9-12-5-8(7-15)6-13-9/h5-6,15H,3-4,7H2. The maximum absolute atomic E-state index is 8.78. The molecule has 0 aromatic carbocycles. The van der Waals surface area contributed by atoms with Crippen LogP contribution in [0.2, 0.25) is 0 Å². The molecule has 1 heterocycles. The molecule has 0 saturated carbocycles. The summed E-state index contributed by atoms with van der Waals surface area (Å²) in [7, 11) is 0. The van der Waals surface area contributed by atoms with Gasteiger partial charge in [-0.1, -0.05) is 0 Å². The lowest BCUT2D eigenvalue weighted by atomic mass is 10.4. The maximum atomic E-state index is 8.78. The molecule has 0 saturated heterocycles. The molecule has 15 heavy (non-hydrogen) atoms. The molecule has 6 heteroatoms. The molecule has 0 spiro atoms. The first-order valence-corrected chi connectivity index (χ1v) is 4.22. The summed E-state index contributed by atoms with van der Waals surface area (Å²) in [4.78, 5) is 9.32. The first kappa shape index (κ1) is 10.9. The lowest BCUT2D eigenvalue weighted by Gasteiger charge is -2.14. The molecule has 0 unspecified atom stereocenters. The molecule has 0 amide bonds. The molecule has 0 aliphatic rings. The molecule has 1 rings (SSSR count). The number of aromatic nitrogens is 2. The number of aliphatic hydroxyl groups is 1. The zero-order valence-electron chi connectivity index (χ0n) is 7.96. The van der Waals surface area contributed by atoms with Crippen LogP contribution >= 0.6 is 0 Å². The first-order valence-electron chi connectivity index (χ1n) is 4.22. The molecule has 0 radical (unpaired) electrons. The SMILES string of the molecule is N#CCN(CC#N)c1ncc(CO)cn1. The molecule has 1 aromatic heterocycles. The van der Waals surface area contributed by atoms with Crippen LogP contribution < -0.4 is 4.90 Å². The van der Waals surface area contributed by atoms with Gasteiger partial charge in [0, 0.05) is 18.0 Å². The summed E-state index contributed by atoms with van der Waals surface area (Å²) < 4.78 is 0. The Balaban J connectivity index is 2.83. The van der Waals surface area contributed by atoms with Gasteiger partial charge in [0.2, 0.25) is 5.95 Å². The average molecular weight is 203 g/mol. The molecule has 0 bridgehead atoms. The number of anilines is 1. The van der Waals surface area contributed by atoms with Crippen LogP contribution in [-0.2, 0) is 6.61 Å². The van der Waals surface area contributed by atoms with Crippen molar-refractivity contribution < 1.29 is 5.11 Å². The fourth-order valence-electron chi connectivity index (χ4n) is 0.961. The minimum atomic E-state index is -0.128. The Hall–Kier alpha value is -2.18. The van der Waals surface area contributed by atoms with E-state index in [0.29, 0.717) is 11.5 Å². The highest BCUT2D eigenvalue weighted by Crippen LogP contribution is 2.05. The summed E-state index contributed by atoms with van der Waals surface area (Å²) in [6, 6.07) is 3.85. The number of nitrogens with zero attached hydrogens (tertiary/aromatic N) is 5. The van der Waals surface area contributed by atoms with Crippen molar-refractivity contribution in [2.24, 2.45) is 0 Å². The van der Waals surface area contributed by atoms with Gasteiger partial charge in [0.25, 0.3) is 0 Å². The van der Waals surface area contributed by atoms with Crippen LogP contribution in [0, 0.1) is 22.7 Å². The van der Waals surface area contributed by atoms with Gasteiger partial charge < -0.3 is 10.0 Å². The van der Waals surface area contributed by atoms with Gasteiger partial charge in [0.05, 0.1) is 18.7 Å². The van der Waals surface area contributed by atoms with Crippen LogP contribution in [0.3, 0.4) is 0 Å². The van der Waals surface area contributed by atoms with E-state index in [2.05, 4.69) is 9.97 Å². The summed E-state index contributed by atoms with van der Waals surface area (Å²) in [6.45, 7) is -0.00512. The van der Waals surface area contributed by atoms with Gasteiger partial charge in [0.1, 0.15) is 13.1 Å². The minimum absolute atomic E-state index is 0.0615.